The first-order chi connectivity index (χ1) is 17.3. The van der Waals surface area contributed by atoms with Crippen molar-refractivity contribution in [2.75, 3.05) is 14.2 Å². The summed E-state index contributed by atoms with van der Waals surface area (Å²) in [6.07, 6.45) is 0.401. The molecule has 2 aliphatic rings. The van der Waals surface area contributed by atoms with E-state index >= 15 is 0 Å². The highest BCUT2D eigenvalue weighted by Gasteiger charge is 2.39. The number of amidine groups is 1. The number of hydrogen-bond donors (Lipinski definition) is 2. The molecule has 2 aliphatic heterocycles. The summed E-state index contributed by atoms with van der Waals surface area (Å²) in [6.45, 7) is 1.37. The normalized spacial score (nSPS) is 20.0. The van der Waals surface area contributed by atoms with Crippen molar-refractivity contribution < 1.29 is 29.0 Å². The maximum atomic E-state index is 12.6. The second-order valence-corrected chi connectivity index (χ2v) is 9.45. The lowest BCUT2D eigenvalue weighted by Gasteiger charge is -2.23. The fraction of sp³-hybridized carbons (Fsp3) is 0.320. The molecule has 0 aliphatic carbocycles. The van der Waals surface area contributed by atoms with Crippen LogP contribution in [0.4, 0.5) is 0 Å². The lowest BCUT2D eigenvalue weighted by atomic mass is 9.98. The number of carboxylic acids is 1. The number of carboxylic acid groups (broad SMARTS) is 1. The smallest absolute Gasteiger partial charge is 0.325 e. The van der Waals surface area contributed by atoms with Crippen LogP contribution in [0.3, 0.4) is 0 Å². The highest BCUT2D eigenvalue weighted by Crippen LogP contribution is 2.39. The van der Waals surface area contributed by atoms with Crippen LogP contribution in [0.2, 0.25) is 0 Å². The highest BCUT2D eigenvalue weighted by atomic mass is 32.2. The summed E-state index contributed by atoms with van der Waals surface area (Å²) in [5.41, 5.74) is 2.71. The molecule has 0 bridgehead atoms. The molecule has 0 spiro atoms. The van der Waals surface area contributed by atoms with Gasteiger partial charge in [0.05, 0.1) is 26.0 Å². The van der Waals surface area contributed by atoms with Gasteiger partial charge in [-0.25, -0.2) is 5.01 Å². The van der Waals surface area contributed by atoms with Gasteiger partial charge in [-0.1, -0.05) is 23.9 Å². The average Bonchev–Trinajstić information content (AvgIpc) is 3.48. The van der Waals surface area contributed by atoms with E-state index in [1.807, 2.05) is 48.5 Å². The Morgan fingerprint density at radius 3 is 2.31 bits per heavy atom. The molecule has 3 atom stereocenters. The van der Waals surface area contributed by atoms with Crippen LogP contribution in [0.1, 0.15) is 36.9 Å². The van der Waals surface area contributed by atoms with Crippen molar-refractivity contribution in [3.8, 4) is 11.5 Å². The van der Waals surface area contributed by atoms with Gasteiger partial charge in [-0.3, -0.25) is 14.4 Å². The van der Waals surface area contributed by atoms with E-state index in [0.29, 0.717) is 11.6 Å². The zero-order valence-corrected chi connectivity index (χ0v) is 20.8. The topological polar surface area (TPSA) is 130 Å². The van der Waals surface area contributed by atoms with Crippen molar-refractivity contribution in [2.45, 2.75) is 37.1 Å². The first kappa shape index (κ1) is 25.2. The molecule has 0 fully saturated rings. The summed E-state index contributed by atoms with van der Waals surface area (Å²) in [6, 6.07) is 13.9. The van der Waals surface area contributed by atoms with Gasteiger partial charge in [-0.15, -0.1) is 0 Å². The Morgan fingerprint density at radius 2 is 1.72 bits per heavy atom. The molecule has 0 aromatic heterocycles. The summed E-state index contributed by atoms with van der Waals surface area (Å²) in [5.74, 6) is -0.660. The van der Waals surface area contributed by atoms with E-state index in [1.54, 1.807) is 19.2 Å². The fourth-order valence-corrected chi connectivity index (χ4v) is 4.93. The van der Waals surface area contributed by atoms with Gasteiger partial charge in [-0.05, 0) is 54.4 Å². The molecular weight excluding hydrogens is 484 g/mol. The molecule has 36 heavy (non-hydrogen) atoms. The van der Waals surface area contributed by atoms with Gasteiger partial charge in [-0.2, -0.15) is 10.1 Å². The van der Waals surface area contributed by atoms with Crippen molar-refractivity contribution >= 4 is 40.4 Å². The van der Waals surface area contributed by atoms with Crippen molar-refractivity contribution in [3.63, 3.8) is 0 Å². The minimum absolute atomic E-state index is 0.176. The SMILES string of the molecule is COc1ccc(C2=NN(C3=NC(=O)[C@H](CC(=O)N[C@@H](C)C(=O)O)S3)[C@@H](c3ccc(OC)cc3)C2)cc1. The third kappa shape index (κ3) is 5.51. The molecule has 11 heteroatoms. The maximum absolute atomic E-state index is 12.6. The van der Waals surface area contributed by atoms with Crippen molar-refractivity contribution in [3.05, 3.63) is 59.7 Å². The molecule has 2 heterocycles. The van der Waals surface area contributed by atoms with Crippen LogP contribution in [0, 0.1) is 0 Å². The lowest BCUT2D eigenvalue weighted by Crippen LogP contribution is -2.39. The molecule has 188 valence electrons. The number of ether oxygens (including phenoxy) is 2. The van der Waals surface area contributed by atoms with E-state index in [9.17, 15) is 14.4 Å². The number of nitrogens with zero attached hydrogens (tertiary/aromatic N) is 3. The summed E-state index contributed by atoms with van der Waals surface area (Å²) < 4.78 is 10.5. The summed E-state index contributed by atoms with van der Waals surface area (Å²) >= 11 is 1.16. The summed E-state index contributed by atoms with van der Waals surface area (Å²) in [7, 11) is 3.21. The third-order valence-corrected chi connectivity index (χ3v) is 7.02. The van der Waals surface area contributed by atoms with Gasteiger partial charge in [0.15, 0.2) is 5.17 Å². The van der Waals surface area contributed by atoms with E-state index in [2.05, 4.69) is 10.3 Å². The predicted molar refractivity (Wildman–Crippen MR) is 135 cm³/mol. The van der Waals surface area contributed by atoms with Gasteiger partial charge in [0.25, 0.3) is 5.91 Å². The number of aliphatic carboxylic acids is 1. The Bertz CT molecular complexity index is 1210. The minimum atomic E-state index is -1.15. The molecule has 2 aromatic carbocycles. The van der Waals surface area contributed by atoms with E-state index in [-0.39, 0.29) is 12.5 Å². The number of hydrazone groups is 1. The van der Waals surface area contributed by atoms with Crippen molar-refractivity contribution in [1.82, 2.24) is 10.3 Å². The van der Waals surface area contributed by atoms with Crippen LogP contribution in [0.15, 0.2) is 58.6 Å². The highest BCUT2D eigenvalue weighted by molar-refractivity contribution is 8.15. The van der Waals surface area contributed by atoms with Gasteiger partial charge in [0.2, 0.25) is 5.91 Å². The number of amides is 2. The van der Waals surface area contributed by atoms with E-state index < -0.39 is 29.1 Å². The summed E-state index contributed by atoms with van der Waals surface area (Å²) in [4.78, 5) is 40.1. The number of rotatable bonds is 8. The number of benzene rings is 2. The van der Waals surface area contributed by atoms with E-state index in [0.717, 1.165) is 40.1 Å². The Kier molecular flexibility index (Phi) is 7.58. The zero-order chi connectivity index (χ0) is 25.8. The largest absolute Gasteiger partial charge is 0.497 e. The lowest BCUT2D eigenvalue weighted by molar-refractivity contribution is -0.141. The Morgan fingerprint density at radius 1 is 1.11 bits per heavy atom. The van der Waals surface area contributed by atoms with Crippen LogP contribution in [0.25, 0.3) is 0 Å². The summed E-state index contributed by atoms with van der Waals surface area (Å²) in [5, 5.41) is 17.6. The van der Waals surface area contributed by atoms with Crippen molar-refractivity contribution in [2.24, 2.45) is 10.1 Å². The Hall–Kier alpha value is -3.86. The van der Waals surface area contributed by atoms with Gasteiger partial charge in [0, 0.05) is 12.8 Å². The van der Waals surface area contributed by atoms with Gasteiger partial charge in [0.1, 0.15) is 22.8 Å². The monoisotopic (exact) mass is 510 g/mol. The van der Waals surface area contributed by atoms with E-state index in [4.69, 9.17) is 19.7 Å². The quantitative estimate of drug-likeness (QED) is 0.555. The van der Waals surface area contributed by atoms with Crippen molar-refractivity contribution in [1.29, 1.82) is 0 Å². The predicted octanol–water partition coefficient (Wildman–Crippen LogP) is 2.83. The molecule has 0 saturated heterocycles. The molecule has 4 rings (SSSR count). The van der Waals surface area contributed by atoms with Crippen LogP contribution < -0.4 is 14.8 Å². The third-order valence-electron chi connectivity index (χ3n) is 5.88. The van der Waals surface area contributed by atoms with Gasteiger partial charge < -0.3 is 19.9 Å². The molecule has 2 aromatic rings. The Labute approximate surface area is 212 Å². The minimum Gasteiger partial charge on any atom is -0.497 e. The molecule has 2 amide bonds. The number of aliphatic imine (C=N–C) groups is 1. The fourth-order valence-electron chi connectivity index (χ4n) is 3.87. The average molecular weight is 511 g/mol. The molecule has 0 radical (unpaired) electrons. The molecule has 0 unspecified atom stereocenters. The van der Waals surface area contributed by atoms with Gasteiger partial charge >= 0.3 is 5.97 Å². The zero-order valence-electron chi connectivity index (χ0n) is 20.0. The second kappa shape index (κ2) is 10.8. The Balaban J connectivity index is 1.56. The number of thioether (sulfide) groups is 1. The van der Waals surface area contributed by atoms with E-state index in [1.165, 1.54) is 6.92 Å². The van der Waals surface area contributed by atoms with Crippen LogP contribution in [-0.4, -0.2) is 64.3 Å². The standard InChI is InChI=1S/C25H26N4O6S/c1-14(24(32)33)26-22(30)13-21-23(31)27-25(36-21)29-20(16-6-10-18(35-3)11-7-16)12-19(28-29)15-4-8-17(34-2)9-5-15/h4-11,14,20-21H,12-13H2,1-3H3,(H,26,30)(H,32,33)/t14-,20+,21-/m0/s1. The molecule has 10 nitrogen and oxygen atoms in total. The maximum Gasteiger partial charge on any atom is 0.325 e. The van der Waals surface area contributed by atoms with Crippen LogP contribution in [-0.2, 0) is 14.4 Å². The number of hydrogen-bond acceptors (Lipinski definition) is 8. The second-order valence-electron chi connectivity index (χ2n) is 8.28. The van der Waals surface area contributed by atoms with Crippen LogP contribution in [0.5, 0.6) is 11.5 Å². The first-order valence-corrected chi connectivity index (χ1v) is 12.1. The number of methoxy groups -OCH3 is 2. The number of nitrogens with one attached hydrogen (secondary N) is 1. The number of carbonyl (C=O) groups is 3. The molecule has 2 N–H and O–H groups in total. The molecular formula is C25H26N4O6S. The molecule has 0 saturated carbocycles. The first-order valence-electron chi connectivity index (χ1n) is 11.3. The number of carbonyl (C=O) groups excluding carboxylic acids is 2. The van der Waals surface area contributed by atoms with Crippen LogP contribution >= 0.6 is 11.8 Å².